The van der Waals surface area contributed by atoms with E-state index in [1.165, 1.54) is 0 Å². The highest BCUT2D eigenvalue weighted by Gasteiger charge is 2.33. The van der Waals surface area contributed by atoms with Gasteiger partial charge in [-0.1, -0.05) is 6.07 Å². The zero-order valence-electron chi connectivity index (χ0n) is 10.9. The summed E-state index contributed by atoms with van der Waals surface area (Å²) < 4.78 is 1.97. The number of primary amides is 1. The van der Waals surface area contributed by atoms with Gasteiger partial charge in [0.05, 0.1) is 5.92 Å². The Morgan fingerprint density at radius 3 is 2.50 bits per heavy atom. The Kier molecular flexibility index (Phi) is 3.02. The summed E-state index contributed by atoms with van der Waals surface area (Å²) in [5.41, 5.74) is 7.06. The van der Waals surface area contributed by atoms with Gasteiger partial charge in [0.1, 0.15) is 0 Å². The molecule has 102 valence electrons. The summed E-state index contributed by atoms with van der Waals surface area (Å²) in [6.45, 7) is 0.364. The van der Waals surface area contributed by atoms with Crippen LogP contribution in [0.3, 0.4) is 0 Å². The van der Waals surface area contributed by atoms with Gasteiger partial charge < -0.3 is 15.2 Å². The van der Waals surface area contributed by atoms with E-state index in [0.717, 1.165) is 11.4 Å². The van der Waals surface area contributed by atoms with Crippen molar-refractivity contribution in [1.82, 2.24) is 4.57 Å². The van der Waals surface area contributed by atoms with Crippen LogP contribution >= 0.6 is 0 Å². The molecule has 1 atom stereocenters. The fraction of sp³-hybridized carbons (Fsp3) is 0.200. The number of carbonyl (C=O) groups is 2. The monoisotopic (exact) mass is 269 g/mol. The molecule has 2 N–H and O–H groups in total. The van der Waals surface area contributed by atoms with E-state index in [1.807, 2.05) is 53.4 Å². The molecule has 5 nitrogen and oxygen atoms in total. The minimum atomic E-state index is -0.414. The maximum absolute atomic E-state index is 12.0. The Hall–Kier alpha value is -2.56. The largest absolute Gasteiger partial charge is 0.369 e. The smallest absolute Gasteiger partial charge is 0.227 e. The van der Waals surface area contributed by atoms with Crippen molar-refractivity contribution in [2.45, 2.75) is 6.42 Å². The lowest BCUT2D eigenvalue weighted by molar-refractivity contribution is -0.123. The van der Waals surface area contributed by atoms with Gasteiger partial charge in [-0.15, -0.1) is 0 Å². The Bertz CT molecular complexity index is 649. The van der Waals surface area contributed by atoms with Crippen molar-refractivity contribution in [1.29, 1.82) is 0 Å². The molecule has 1 aliphatic rings. The molecular weight excluding hydrogens is 254 g/mol. The van der Waals surface area contributed by atoms with Crippen LogP contribution in [0.4, 0.5) is 5.69 Å². The Balaban J connectivity index is 1.90. The highest BCUT2D eigenvalue weighted by atomic mass is 16.2. The average Bonchev–Trinajstić information content (AvgIpc) is 3.08. The van der Waals surface area contributed by atoms with Crippen LogP contribution in [0.1, 0.15) is 6.42 Å². The molecule has 1 unspecified atom stereocenters. The minimum absolute atomic E-state index is 0.0570. The molecule has 1 fully saturated rings. The Morgan fingerprint density at radius 2 is 1.85 bits per heavy atom. The number of aromatic nitrogens is 1. The fourth-order valence-corrected chi connectivity index (χ4v) is 2.48. The highest BCUT2D eigenvalue weighted by molar-refractivity contribution is 6.00. The first-order valence-corrected chi connectivity index (χ1v) is 6.48. The molecule has 1 aromatic carbocycles. The topological polar surface area (TPSA) is 68.3 Å². The highest BCUT2D eigenvalue weighted by Crippen LogP contribution is 2.26. The molecule has 2 heterocycles. The summed E-state index contributed by atoms with van der Waals surface area (Å²) in [7, 11) is 0. The van der Waals surface area contributed by atoms with Crippen molar-refractivity contribution in [3.8, 4) is 5.69 Å². The Morgan fingerprint density at radius 1 is 1.15 bits per heavy atom. The first kappa shape index (κ1) is 12.5. The van der Waals surface area contributed by atoms with E-state index in [4.69, 9.17) is 5.73 Å². The van der Waals surface area contributed by atoms with Gasteiger partial charge in [0.2, 0.25) is 11.8 Å². The summed E-state index contributed by atoms with van der Waals surface area (Å²) in [5.74, 6) is -0.862. The van der Waals surface area contributed by atoms with Gasteiger partial charge in [0.25, 0.3) is 0 Å². The van der Waals surface area contributed by atoms with Gasteiger partial charge in [-0.3, -0.25) is 9.59 Å². The maximum atomic E-state index is 12.0. The van der Waals surface area contributed by atoms with E-state index in [1.54, 1.807) is 4.90 Å². The number of rotatable bonds is 3. The third kappa shape index (κ3) is 2.18. The van der Waals surface area contributed by atoms with E-state index in [-0.39, 0.29) is 12.3 Å². The third-order valence-electron chi connectivity index (χ3n) is 3.57. The summed E-state index contributed by atoms with van der Waals surface area (Å²) in [5, 5.41) is 0. The standard InChI is InChI=1S/C15H15N3O2/c16-15(20)11-8-14(19)18(10-11)13-5-3-4-12(9-13)17-6-1-2-7-17/h1-7,9,11H,8,10H2,(H2,16,20). The van der Waals surface area contributed by atoms with Gasteiger partial charge in [0, 0.05) is 36.7 Å². The molecule has 2 amide bonds. The number of nitrogens with zero attached hydrogens (tertiary/aromatic N) is 2. The molecule has 1 saturated heterocycles. The summed E-state index contributed by atoms with van der Waals surface area (Å²) >= 11 is 0. The molecule has 1 aliphatic heterocycles. The zero-order valence-corrected chi connectivity index (χ0v) is 10.9. The number of hydrogen-bond acceptors (Lipinski definition) is 2. The lowest BCUT2D eigenvalue weighted by Gasteiger charge is -2.17. The van der Waals surface area contributed by atoms with Crippen molar-refractivity contribution in [3.63, 3.8) is 0 Å². The van der Waals surface area contributed by atoms with Crippen molar-refractivity contribution < 1.29 is 9.59 Å². The number of amides is 2. The van der Waals surface area contributed by atoms with Crippen molar-refractivity contribution in [2.75, 3.05) is 11.4 Å². The van der Waals surface area contributed by atoms with Crippen molar-refractivity contribution in [2.24, 2.45) is 11.7 Å². The molecule has 0 bridgehead atoms. The van der Waals surface area contributed by atoms with E-state index in [9.17, 15) is 9.59 Å². The number of carbonyl (C=O) groups excluding carboxylic acids is 2. The molecule has 0 spiro atoms. The van der Waals surface area contributed by atoms with Crippen LogP contribution in [-0.4, -0.2) is 22.9 Å². The molecular formula is C15H15N3O2. The normalized spacial score (nSPS) is 18.5. The predicted molar refractivity (Wildman–Crippen MR) is 75.4 cm³/mol. The second-order valence-electron chi connectivity index (χ2n) is 4.92. The van der Waals surface area contributed by atoms with Crippen molar-refractivity contribution >= 4 is 17.5 Å². The lowest BCUT2D eigenvalue weighted by Crippen LogP contribution is -2.28. The lowest BCUT2D eigenvalue weighted by atomic mass is 10.1. The molecule has 2 aromatic rings. The number of hydrogen-bond donors (Lipinski definition) is 1. The van der Waals surface area contributed by atoms with E-state index < -0.39 is 11.8 Å². The molecule has 20 heavy (non-hydrogen) atoms. The number of anilines is 1. The van der Waals surface area contributed by atoms with Crippen LogP contribution in [0.15, 0.2) is 48.8 Å². The molecule has 0 aliphatic carbocycles. The van der Waals surface area contributed by atoms with Crippen LogP contribution in [-0.2, 0) is 9.59 Å². The van der Waals surface area contributed by atoms with E-state index >= 15 is 0 Å². The van der Waals surface area contributed by atoms with Gasteiger partial charge in [-0.05, 0) is 30.3 Å². The Labute approximate surface area is 116 Å². The van der Waals surface area contributed by atoms with Gasteiger partial charge in [-0.2, -0.15) is 0 Å². The average molecular weight is 269 g/mol. The quantitative estimate of drug-likeness (QED) is 0.913. The molecule has 3 rings (SSSR count). The van der Waals surface area contributed by atoms with Gasteiger partial charge in [0.15, 0.2) is 0 Å². The third-order valence-corrected chi connectivity index (χ3v) is 3.57. The predicted octanol–water partition coefficient (Wildman–Crippen LogP) is 1.32. The number of nitrogens with two attached hydrogens (primary N) is 1. The van der Waals surface area contributed by atoms with Gasteiger partial charge in [-0.25, -0.2) is 0 Å². The molecule has 5 heteroatoms. The van der Waals surface area contributed by atoms with Crippen LogP contribution < -0.4 is 10.6 Å². The first-order chi connectivity index (χ1) is 9.65. The van der Waals surface area contributed by atoms with Gasteiger partial charge >= 0.3 is 0 Å². The summed E-state index contributed by atoms with van der Waals surface area (Å²) in [6, 6.07) is 11.5. The van der Waals surface area contributed by atoms with Crippen LogP contribution in [0.2, 0.25) is 0 Å². The minimum Gasteiger partial charge on any atom is -0.369 e. The van der Waals surface area contributed by atoms with Crippen LogP contribution in [0.5, 0.6) is 0 Å². The second kappa shape index (κ2) is 4.85. The second-order valence-corrected chi connectivity index (χ2v) is 4.92. The molecule has 1 aromatic heterocycles. The molecule has 0 radical (unpaired) electrons. The molecule has 0 saturated carbocycles. The van der Waals surface area contributed by atoms with E-state index in [0.29, 0.717) is 6.54 Å². The first-order valence-electron chi connectivity index (χ1n) is 6.48. The summed E-state index contributed by atoms with van der Waals surface area (Å²) in [6.07, 6.45) is 4.08. The fourth-order valence-electron chi connectivity index (χ4n) is 2.48. The zero-order chi connectivity index (χ0) is 14.1. The summed E-state index contributed by atoms with van der Waals surface area (Å²) in [4.78, 5) is 24.8. The van der Waals surface area contributed by atoms with Crippen molar-refractivity contribution in [3.05, 3.63) is 48.8 Å². The van der Waals surface area contributed by atoms with E-state index in [2.05, 4.69) is 0 Å². The SMILES string of the molecule is NC(=O)C1CC(=O)N(c2cccc(-n3cccc3)c2)C1. The van der Waals surface area contributed by atoms with Crippen LogP contribution in [0, 0.1) is 5.92 Å². The maximum Gasteiger partial charge on any atom is 0.227 e. The van der Waals surface area contributed by atoms with Crippen LogP contribution in [0.25, 0.3) is 5.69 Å². The number of benzene rings is 1.